The van der Waals surface area contributed by atoms with Crippen LogP contribution >= 0.6 is 0 Å². The van der Waals surface area contributed by atoms with E-state index in [-0.39, 0.29) is 0 Å². The Morgan fingerprint density at radius 1 is 1.50 bits per heavy atom. The average molecular weight is 246 g/mol. The van der Waals surface area contributed by atoms with Crippen molar-refractivity contribution in [2.24, 2.45) is 0 Å². The molecule has 0 unspecified atom stereocenters. The van der Waals surface area contributed by atoms with Gasteiger partial charge in [0.05, 0.1) is 18.3 Å². The molecule has 0 aliphatic carbocycles. The zero-order valence-electron chi connectivity index (χ0n) is 10.8. The van der Waals surface area contributed by atoms with E-state index >= 15 is 0 Å². The predicted molar refractivity (Wildman–Crippen MR) is 68.2 cm³/mol. The lowest BCUT2D eigenvalue weighted by Crippen LogP contribution is -2.60. The van der Waals surface area contributed by atoms with Crippen LogP contribution in [0.4, 0.5) is 0 Å². The van der Waals surface area contributed by atoms with Crippen molar-refractivity contribution in [3.05, 3.63) is 29.3 Å². The normalized spacial score (nSPS) is 17.9. The van der Waals surface area contributed by atoms with Crippen molar-refractivity contribution in [2.75, 3.05) is 20.2 Å². The van der Waals surface area contributed by atoms with Gasteiger partial charge >= 0.3 is 0 Å². The van der Waals surface area contributed by atoms with Gasteiger partial charge in [0.1, 0.15) is 11.8 Å². The molecular weight excluding hydrogens is 228 g/mol. The number of hydrogen-bond acceptors (Lipinski definition) is 4. The van der Waals surface area contributed by atoms with Gasteiger partial charge in [-0.15, -0.1) is 0 Å². The number of nitrogens with zero attached hydrogens (tertiary/aromatic N) is 2. The molecule has 0 amide bonds. The summed E-state index contributed by atoms with van der Waals surface area (Å²) in [5.74, 6) is 0.612. The summed E-state index contributed by atoms with van der Waals surface area (Å²) in [6, 6.07) is 7.70. The highest BCUT2D eigenvalue weighted by Crippen LogP contribution is 2.27. The molecule has 0 bridgehead atoms. The minimum absolute atomic E-state index is 0.503. The van der Waals surface area contributed by atoms with Gasteiger partial charge in [-0.05, 0) is 24.1 Å². The Kier molecular flexibility index (Phi) is 3.55. The number of methoxy groups -OCH3 is 1. The van der Waals surface area contributed by atoms with Crippen LogP contribution in [0.25, 0.3) is 0 Å². The molecule has 1 aromatic carbocycles. The van der Waals surface area contributed by atoms with Gasteiger partial charge < -0.3 is 9.84 Å². The number of hydrogen-bond donors (Lipinski definition) is 1. The minimum atomic E-state index is -0.503. The van der Waals surface area contributed by atoms with Crippen molar-refractivity contribution >= 4 is 0 Å². The molecule has 4 heteroatoms. The second-order valence-electron chi connectivity index (χ2n) is 4.87. The second-order valence-corrected chi connectivity index (χ2v) is 4.87. The van der Waals surface area contributed by atoms with Gasteiger partial charge in [0, 0.05) is 19.6 Å². The summed E-state index contributed by atoms with van der Waals surface area (Å²) in [5.41, 5.74) is 1.15. The molecule has 0 saturated carbocycles. The number of nitriles is 1. The number of ether oxygens (including phenoxy) is 1. The van der Waals surface area contributed by atoms with Crippen LogP contribution in [0.15, 0.2) is 18.2 Å². The number of benzene rings is 1. The summed E-state index contributed by atoms with van der Waals surface area (Å²) in [7, 11) is 1.57. The van der Waals surface area contributed by atoms with E-state index in [1.54, 1.807) is 13.2 Å². The maximum absolute atomic E-state index is 9.94. The number of β-amino-alcohol motifs (C(OH)–C–C–N with tert-alkyl or cyclic N) is 1. The van der Waals surface area contributed by atoms with E-state index in [9.17, 15) is 5.11 Å². The van der Waals surface area contributed by atoms with Gasteiger partial charge in [-0.2, -0.15) is 5.26 Å². The Bertz CT molecular complexity index is 473. The van der Waals surface area contributed by atoms with Crippen LogP contribution in [-0.4, -0.2) is 35.8 Å². The summed E-state index contributed by atoms with van der Waals surface area (Å²) in [4.78, 5) is 2.18. The molecule has 2 rings (SSSR count). The predicted octanol–water partition coefficient (Wildman–Crippen LogP) is 1.52. The van der Waals surface area contributed by atoms with Gasteiger partial charge in [-0.25, -0.2) is 0 Å². The van der Waals surface area contributed by atoms with Crippen molar-refractivity contribution in [3.8, 4) is 11.8 Å². The Labute approximate surface area is 107 Å². The maximum atomic E-state index is 9.94. The molecule has 1 aliphatic heterocycles. The van der Waals surface area contributed by atoms with Gasteiger partial charge in [0.15, 0.2) is 0 Å². The second kappa shape index (κ2) is 4.97. The molecule has 1 saturated heterocycles. The molecule has 18 heavy (non-hydrogen) atoms. The van der Waals surface area contributed by atoms with Crippen molar-refractivity contribution in [1.82, 2.24) is 4.90 Å². The summed E-state index contributed by atoms with van der Waals surface area (Å²) >= 11 is 0. The molecule has 0 radical (unpaired) electrons. The largest absolute Gasteiger partial charge is 0.495 e. The topological polar surface area (TPSA) is 56.5 Å². The zero-order valence-corrected chi connectivity index (χ0v) is 10.8. The third-order valence-electron chi connectivity index (χ3n) is 3.49. The first-order valence-electron chi connectivity index (χ1n) is 6.12. The summed E-state index contributed by atoms with van der Waals surface area (Å²) in [6.07, 6.45) is 0.792. The van der Waals surface area contributed by atoms with Crippen molar-refractivity contribution in [2.45, 2.75) is 25.5 Å². The fraction of sp³-hybridized carbons (Fsp3) is 0.500. The minimum Gasteiger partial charge on any atom is -0.495 e. The Balaban J connectivity index is 2.02. The highest BCUT2D eigenvalue weighted by Gasteiger charge is 2.38. The van der Waals surface area contributed by atoms with E-state index in [0.717, 1.165) is 18.5 Å². The van der Waals surface area contributed by atoms with Crippen LogP contribution in [0, 0.1) is 11.3 Å². The highest BCUT2D eigenvalue weighted by molar-refractivity contribution is 5.45. The monoisotopic (exact) mass is 246 g/mol. The first-order valence-corrected chi connectivity index (χ1v) is 6.12. The first kappa shape index (κ1) is 12.9. The lowest BCUT2D eigenvalue weighted by atomic mass is 9.91. The van der Waals surface area contributed by atoms with Crippen molar-refractivity contribution < 1.29 is 9.84 Å². The maximum Gasteiger partial charge on any atom is 0.136 e. The molecule has 1 N–H and O–H groups in total. The molecule has 1 heterocycles. The van der Waals surface area contributed by atoms with Gasteiger partial charge in [0.2, 0.25) is 0 Å². The fourth-order valence-corrected chi connectivity index (χ4v) is 2.31. The van der Waals surface area contributed by atoms with Crippen molar-refractivity contribution in [3.63, 3.8) is 0 Å². The molecule has 1 fully saturated rings. The van der Waals surface area contributed by atoms with E-state index in [4.69, 9.17) is 10.00 Å². The molecule has 4 nitrogen and oxygen atoms in total. The van der Waals surface area contributed by atoms with E-state index in [1.165, 1.54) is 0 Å². The standard InChI is InChI=1S/C14H18N2O2/c1-3-14(17)9-16(10-14)8-11-4-5-12(7-15)13(6-11)18-2/h4-6,17H,3,8-10H2,1-2H3. The third-order valence-corrected chi connectivity index (χ3v) is 3.49. The Morgan fingerprint density at radius 3 is 2.78 bits per heavy atom. The molecule has 0 spiro atoms. The van der Waals surface area contributed by atoms with Crippen LogP contribution in [0.5, 0.6) is 5.75 Å². The average Bonchev–Trinajstić information content (AvgIpc) is 2.36. The fourth-order valence-electron chi connectivity index (χ4n) is 2.31. The van der Waals surface area contributed by atoms with E-state index in [0.29, 0.717) is 24.4 Å². The van der Waals surface area contributed by atoms with E-state index < -0.39 is 5.60 Å². The number of rotatable bonds is 4. The molecule has 1 aliphatic rings. The van der Waals surface area contributed by atoms with Gasteiger partial charge in [0.25, 0.3) is 0 Å². The highest BCUT2D eigenvalue weighted by atomic mass is 16.5. The number of aliphatic hydroxyl groups is 1. The van der Waals surface area contributed by atoms with Gasteiger partial charge in [-0.3, -0.25) is 4.90 Å². The van der Waals surface area contributed by atoms with E-state index in [2.05, 4.69) is 11.0 Å². The van der Waals surface area contributed by atoms with Crippen LogP contribution in [0.3, 0.4) is 0 Å². The Hall–Kier alpha value is -1.57. The smallest absolute Gasteiger partial charge is 0.136 e. The zero-order chi connectivity index (χ0) is 13.2. The number of likely N-dealkylation sites (tertiary alicyclic amines) is 1. The van der Waals surface area contributed by atoms with E-state index in [1.807, 2.05) is 19.1 Å². The lowest BCUT2D eigenvalue weighted by molar-refractivity contribution is -0.103. The Morgan fingerprint density at radius 2 is 2.22 bits per heavy atom. The summed E-state index contributed by atoms with van der Waals surface area (Å²) < 4.78 is 5.18. The van der Waals surface area contributed by atoms with Crippen molar-refractivity contribution in [1.29, 1.82) is 5.26 Å². The molecular formula is C14H18N2O2. The quantitative estimate of drug-likeness (QED) is 0.875. The van der Waals surface area contributed by atoms with Gasteiger partial charge in [-0.1, -0.05) is 13.0 Å². The molecule has 96 valence electrons. The van der Waals surface area contributed by atoms with Crippen LogP contribution in [-0.2, 0) is 6.54 Å². The first-order chi connectivity index (χ1) is 8.60. The lowest BCUT2D eigenvalue weighted by Gasteiger charge is -2.46. The third kappa shape index (κ3) is 2.47. The van der Waals surface area contributed by atoms with Crippen LogP contribution in [0.2, 0.25) is 0 Å². The molecule has 1 aromatic rings. The molecule has 0 atom stereocenters. The SMILES string of the molecule is CCC1(O)CN(Cc2ccc(C#N)c(OC)c2)C1. The molecule has 0 aromatic heterocycles. The summed E-state index contributed by atoms with van der Waals surface area (Å²) in [5, 5.41) is 18.8. The van der Waals surface area contributed by atoms with Crippen LogP contribution < -0.4 is 4.74 Å². The summed E-state index contributed by atoms with van der Waals surface area (Å²) in [6.45, 7) is 4.21. The van der Waals surface area contributed by atoms with Crippen LogP contribution in [0.1, 0.15) is 24.5 Å².